The van der Waals surface area contributed by atoms with Crippen LogP contribution in [0.2, 0.25) is 0 Å². The van der Waals surface area contributed by atoms with Crippen molar-refractivity contribution in [3.05, 3.63) is 65.2 Å². The van der Waals surface area contributed by atoms with E-state index in [4.69, 9.17) is 5.11 Å². The molecule has 2 N–H and O–H groups in total. The van der Waals surface area contributed by atoms with E-state index < -0.39 is 0 Å². The highest BCUT2D eigenvalue weighted by Crippen LogP contribution is 2.13. The Morgan fingerprint density at radius 2 is 1.50 bits per heavy atom. The molecule has 0 saturated carbocycles. The van der Waals surface area contributed by atoms with Gasteiger partial charge in [-0.1, -0.05) is 36.4 Å². The minimum absolute atomic E-state index is 0.0703. The number of nitrogens with zero attached hydrogens (tertiary/aromatic N) is 1. The first-order valence-corrected chi connectivity index (χ1v) is 7.30. The Balaban J connectivity index is 1.89. The van der Waals surface area contributed by atoms with Crippen molar-refractivity contribution in [1.29, 1.82) is 0 Å². The van der Waals surface area contributed by atoms with Gasteiger partial charge in [0.1, 0.15) is 0 Å². The average Bonchev–Trinajstić information content (AvgIpc) is 2.54. The van der Waals surface area contributed by atoms with Gasteiger partial charge in [-0.2, -0.15) is 0 Å². The molecular weight excluding hydrogens is 276 g/mol. The lowest BCUT2D eigenvalue weighted by atomic mass is 10.1. The van der Waals surface area contributed by atoms with Crippen LogP contribution in [0.1, 0.15) is 16.7 Å². The van der Waals surface area contributed by atoms with E-state index in [9.17, 15) is 4.79 Å². The van der Waals surface area contributed by atoms with Gasteiger partial charge in [0, 0.05) is 26.3 Å². The molecule has 2 aromatic rings. The number of hydrogen-bond acceptors (Lipinski definition) is 3. The van der Waals surface area contributed by atoms with E-state index in [-0.39, 0.29) is 12.5 Å². The fraction of sp³-hybridized carbons (Fsp3) is 0.278. The molecule has 22 heavy (non-hydrogen) atoms. The average molecular weight is 298 g/mol. The van der Waals surface area contributed by atoms with Gasteiger partial charge in [0.2, 0.25) is 5.91 Å². The lowest BCUT2D eigenvalue weighted by Gasteiger charge is -2.11. The summed E-state index contributed by atoms with van der Waals surface area (Å²) in [5.74, 6) is 0.102. The summed E-state index contributed by atoms with van der Waals surface area (Å²) in [7, 11) is 3.53. The molecule has 0 bridgehead atoms. The largest absolute Gasteiger partial charge is 0.392 e. The second-order valence-electron chi connectivity index (χ2n) is 5.49. The molecule has 0 unspecified atom stereocenters. The van der Waals surface area contributed by atoms with Gasteiger partial charge in [0.25, 0.3) is 0 Å². The molecule has 0 radical (unpaired) electrons. The number of hydrogen-bond donors (Lipinski definition) is 2. The summed E-state index contributed by atoms with van der Waals surface area (Å²) >= 11 is 0. The van der Waals surface area contributed by atoms with Gasteiger partial charge in [-0.3, -0.25) is 4.79 Å². The molecular formula is C18H22N2O2. The summed E-state index contributed by atoms with van der Waals surface area (Å²) in [6.07, 6.45) is 0.426. The smallest absolute Gasteiger partial charge is 0.226 e. The summed E-state index contributed by atoms with van der Waals surface area (Å²) in [4.78, 5) is 13.3. The highest BCUT2D eigenvalue weighted by atomic mass is 16.3. The second-order valence-corrected chi connectivity index (χ2v) is 5.49. The Labute approximate surface area is 131 Å². The van der Waals surface area contributed by atoms with Crippen LogP contribution in [0, 0.1) is 0 Å². The number of anilines is 1. The Bertz CT molecular complexity index is 604. The van der Waals surface area contributed by atoms with Crippen LogP contribution in [0.5, 0.6) is 0 Å². The first kappa shape index (κ1) is 16.0. The number of carbonyl (C=O) groups excluding carboxylic acids is 1. The van der Waals surface area contributed by atoms with E-state index >= 15 is 0 Å². The molecule has 1 amide bonds. The van der Waals surface area contributed by atoms with Crippen molar-refractivity contribution in [3.63, 3.8) is 0 Å². The van der Waals surface area contributed by atoms with E-state index in [1.54, 1.807) is 19.0 Å². The zero-order valence-corrected chi connectivity index (χ0v) is 13.0. The third-order valence-corrected chi connectivity index (χ3v) is 3.51. The molecule has 0 fully saturated rings. The predicted octanol–water partition coefficient (Wildman–Crippen LogP) is 2.42. The van der Waals surface area contributed by atoms with Gasteiger partial charge in [0.15, 0.2) is 0 Å². The summed E-state index contributed by atoms with van der Waals surface area (Å²) in [6.45, 7) is 0.794. The molecule has 0 heterocycles. The molecule has 2 aromatic carbocycles. The van der Waals surface area contributed by atoms with Crippen LogP contribution in [0.25, 0.3) is 0 Å². The molecule has 0 aromatic heterocycles. The van der Waals surface area contributed by atoms with Crippen molar-refractivity contribution >= 4 is 11.6 Å². The van der Waals surface area contributed by atoms with Gasteiger partial charge < -0.3 is 15.3 Å². The second kappa shape index (κ2) is 7.61. The predicted molar refractivity (Wildman–Crippen MR) is 88.5 cm³/mol. The SMILES string of the molecule is CN(C)C(=O)Cc1ccc(NCc2ccc(CO)cc2)cc1. The molecule has 4 heteroatoms. The van der Waals surface area contributed by atoms with Gasteiger partial charge >= 0.3 is 0 Å². The molecule has 0 saturated heterocycles. The Morgan fingerprint density at radius 3 is 2.05 bits per heavy atom. The third-order valence-electron chi connectivity index (χ3n) is 3.51. The van der Waals surface area contributed by atoms with Crippen molar-refractivity contribution in [2.75, 3.05) is 19.4 Å². The molecule has 116 valence electrons. The number of aliphatic hydroxyl groups is 1. The Hall–Kier alpha value is -2.33. The maximum atomic E-state index is 11.7. The highest BCUT2D eigenvalue weighted by molar-refractivity contribution is 5.78. The summed E-state index contributed by atoms with van der Waals surface area (Å²) in [5, 5.41) is 12.4. The summed E-state index contributed by atoms with van der Waals surface area (Å²) in [5.41, 5.74) is 4.10. The Kier molecular flexibility index (Phi) is 5.55. The summed E-state index contributed by atoms with van der Waals surface area (Å²) in [6, 6.07) is 15.8. The van der Waals surface area contributed by atoms with Crippen molar-refractivity contribution in [3.8, 4) is 0 Å². The first-order valence-electron chi connectivity index (χ1n) is 7.30. The van der Waals surface area contributed by atoms with E-state index in [1.165, 1.54) is 0 Å². The Morgan fingerprint density at radius 1 is 0.955 bits per heavy atom. The fourth-order valence-corrected chi connectivity index (χ4v) is 2.04. The number of aliphatic hydroxyl groups excluding tert-OH is 1. The monoisotopic (exact) mass is 298 g/mol. The number of carbonyl (C=O) groups is 1. The van der Waals surface area contributed by atoms with Gasteiger partial charge in [0.05, 0.1) is 13.0 Å². The number of amides is 1. The number of nitrogens with one attached hydrogen (secondary N) is 1. The quantitative estimate of drug-likeness (QED) is 0.861. The molecule has 4 nitrogen and oxygen atoms in total. The highest BCUT2D eigenvalue weighted by Gasteiger charge is 2.05. The van der Waals surface area contributed by atoms with Crippen LogP contribution in [0.3, 0.4) is 0 Å². The lowest BCUT2D eigenvalue weighted by Crippen LogP contribution is -2.23. The topological polar surface area (TPSA) is 52.6 Å². The molecule has 0 aliphatic heterocycles. The van der Waals surface area contributed by atoms with Crippen molar-refractivity contribution < 1.29 is 9.90 Å². The summed E-state index contributed by atoms with van der Waals surface area (Å²) < 4.78 is 0. The zero-order chi connectivity index (χ0) is 15.9. The van der Waals surface area contributed by atoms with Crippen LogP contribution in [0.4, 0.5) is 5.69 Å². The molecule has 0 aliphatic carbocycles. The van der Waals surface area contributed by atoms with E-state index in [0.29, 0.717) is 6.42 Å². The maximum absolute atomic E-state index is 11.7. The molecule has 0 atom stereocenters. The van der Waals surface area contributed by atoms with Crippen LogP contribution < -0.4 is 5.32 Å². The van der Waals surface area contributed by atoms with Gasteiger partial charge in [-0.15, -0.1) is 0 Å². The molecule has 2 rings (SSSR count). The number of likely N-dealkylation sites (N-methyl/N-ethyl adjacent to an activating group) is 1. The van der Waals surface area contributed by atoms with Crippen LogP contribution in [-0.2, 0) is 24.4 Å². The van der Waals surface area contributed by atoms with E-state index in [1.807, 2.05) is 48.5 Å². The first-order chi connectivity index (χ1) is 10.6. The minimum Gasteiger partial charge on any atom is -0.392 e. The van der Waals surface area contributed by atoms with E-state index in [2.05, 4.69) is 5.32 Å². The third kappa shape index (κ3) is 4.60. The zero-order valence-electron chi connectivity index (χ0n) is 13.0. The number of rotatable bonds is 6. The molecule has 0 spiro atoms. The van der Waals surface area contributed by atoms with Crippen LogP contribution in [-0.4, -0.2) is 30.0 Å². The fourth-order valence-electron chi connectivity index (χ4n) is 2.04. The lowest BCUT2D eigenvalue weighted by molar-refractivity contribution is -0.127. The van der Waals surface area contributed by atoms with Crippen molar-refractivity contribution in [2.24, 2.45) is 0 Å². The van der Waals surface area contributed by atoms with Gasteiger partial charge in [-0.25, -0.2) is 0 Å². The normalized spacial score (nSPS) is 10.3. The standard InChI is InChI=1S/C18H22N2O2/c1-20(2)18(22)11-14-7-9-17(10-8-14)19-12-15-3-5-16(13-21)6-4-15/h3-10,19,21H,11-13H2,1-2H3. The van der Waals surface area contributed by atoms with Crippen LogP contribution >= 0.6 is 0 Å². The van der Waals surface area contributed by atoms with Crippen molar-refractivity contribution in [1.82, 2.24) is 4.90 Å². The van der Waals surface area contributed by atoms with Crippen LogP contribution in [0.15, 0.2) is 48.5 Å². The molecule has 0 aliphatic rings. The van der Waals surface area contributed by atoms with Gasteiger partial charge in [-0.05, 0) is 28.8 Å². The van der Waals surface area contributed by atoms with Crippen molar-refractivity contribution in [2.45, 2.75) is 19.6 Å². The van der Waals surface area contributed by atoms with E-state index in [0.717, 1.165) is 28.9 Å². The maximum Gasteiger partial charge on any atom is 0.226 e. The number of benzene rings is 2. The minimum atomic E-state index is 0.0703.